The van der Waals surface area contributed by atoms with Gasteiger partial charge in [0.1, 0.15) is 5.75 Å². The van der Waals surface area contributed by atoms with Crippen LogP contribution in [0.5, 0.6) is 5.75 Å². The highest BCUT2D eigenvalue weighted by Crippen LogP contribution is 2.35. The molecule has 1 saturated heterocycles. The largest absolute Gasteiger partial charge is 0.494 e. The minimum Gasteiger partial charge on any atom is -0.494 e. The number of hydroxylamine groups is 1. The molecule has 3 N–H and O–H groups in total. The number of amides is 1. The number of carboxylic acids is 1. The number of rotatable bonds is 8. The summed E-state index contributed by atoms with van der Waals surface area (Å²) in [5, 5.41) is 16.3. The summed E-state index contributed by atoms with van der Waals surface area (Å²) < 4.78 is 67.6. The van der Waals surface area contributed by atoms with E-state index in [2.05, 4.69) is 29.2 Å². The van der Waals surface area contributed by atoms with Gasteiger partial charge >= 0.3 is 12.1 Å². The van der Waals surface area contributed by atoms with E-state index < -0.39 is 32.6 Å². The molecule has 0 saturated carbocycles. The molecule has 1 fully saturated rings. The number of benzene rings is 2. The van der Waals surface area contributed by atoms with Gasteiger partial charge in [0.15, 0.2) is 14.6 Å². The summed E-state index contributed by atoms with van der Waals surface area (Å²) >= 11 is 0. The Hall–Kier alpha value is -3.20. The molecule has 2 aromatic carbocycles. The average Bonchev–Trinajstić information content (AvgIpc) is 2.95. The zero-order valence-corrected chi connectivity index (χ0v) is 22.3. The molecule has 14 heteroatoms. The second kappa shape index (κ2) is 13.4. The molecule has 0 bridgehead atoms. The Morgan fingerprint density at radius 1 is 1.05 bits per heavy atom. The first-order chi connectivity index (χ1) is 18.9. The minimum atomic E-state index is -5.08. The Balaban J connectivity index is 0.000000559. The second-order valence-electron chi connectivity index (χ2n) is 9.32. The van der Waals surface area contributed by atoms with Gasteiger partial charge in [-0.15, -0.1) is 0 Å². The van der Waals surface area contributed by atoms with Gasteiger partial charge in [0.05, 0.1) is 11.5 Å². The van der Waals surface area contributed by atoms with Gasteiger partial charge < -0.3 is 14.6 Å². The van der Waals surface area contributed by atoms with Gasteiger partial charge in [-0.2, -0.15) is 13.2 Å². The zero-order valence-electron chi connectivity index (χ0n) is 21.5. The van der Waals surface area contributed by atoms with E-state index in [1.807, 2.05) is 0 Å². The van der Waals surface area contributed by atoms with E-state index in [1.165, 1.54) is 28.7 Å². The molecule has 220 valence electrons. The molecule has 0 aromatic heterocycles. The van der Waals surface area contributed by atoms with Crippen molar-refractivity contribution in [1.29, 1.82) is 0 Å². The molecule has 0 spiro atoms. The minimum absolute atomic E-state index is 0.0129. The van der Waals surface area contributed by atoms with E-state index in [0.29, 0.717) is 12.4 Å². The fourth-order valence-electron chi connectivity index (χ4n) is 4.58. The van der Waals surface area contributed by atoms with Crippen molar-refractivity contribution in [1.82, 2.24) is 10.4 Å². The predicted molar refractivity (Wildman–Crippen MR) is 136 cm³/mol. The Morgan fingerprint density at radius 3 is 2.23 bits per heavy atom. The number of carboxylic acid groups (broad SMARTS) is 1. The van der Waals surface area contributed by atoms with Crippen LogP contribution < -0.4 is 10.2 Å². The molecule has 1 amide bonds. The zero-order chi connectivity index (χ0) is 29.4. The van der Waals surface area contributed by atoms with E-state index in [1.54, 1.807) is 12.1 Å². The van der Waals surface area contributed by atoms with Crippen LogP contribution in [0, 0.1) is 0 Å². The number of halogens is 3. The molecule has 2 aliphatic rings. The summed E-state index contributed by atoms with van der Waals surface area (Å²) in [5.41, 5.74) is 4.34. The topological polar surface area (TPSA) is 142 Å². The lowest BCUT2D eigenvalue weighted by Crippen LogP contribution is -2.54. The molecule has 0 radical (unpaired) electrons. The number of hydrogen-bond donors (Lipinski definition) is 3. The maximum Gasteiger partial charge on any atom is 0.490 e. The number of ether oxygens (including phenoxy) is 2. The number of carbonyl (C=O) groups excluding carboxylic acids is 1. The van der Waals surface area contributed by atoms with Crippen molar-refractivity contribution >= 4 is 21.7 Å². The maximum absolute atomic E-state index is 13.3. The fraction of sp³-hybridized carbons (Fsp3) is 0.462. The first kappa shape index (κ1) is 31.3. The number of aliphatic carboxylic acids is 1. The molecule has 0 aliphatic carbocycles. The summed E-state index contributed by atoms with van der Waals surface area (Å²) in [5.74, 6) is -3.11. The molecule has 2 heterocycles. The Kier molecular flexibility index (Phi) is 10.5. The predicted octanol–water partition coefficient (Wildman–Crippen LogP) is 2.98. The molecule has 40 heavy (non-hydrogen) atoms. The molecule has 10 nitrogen and oxygen atoms in total. The van der Waals surface area contributed by atoms with Crippen LogP contribution in [-0.4, -0.2) is 79.3 Å². The lowest BCUT2D eigenvalue weighted by molar-refractivity contribution is -0.192. The van der Waals surface area contributed by atoms with Crippen LogP contribution in [-0.2, 0) is 37.1 Å². The van der Waals surface area contributed by atoms with Gasteiger partial charge in [0.25, 0.3) is 5.91 Å². The third-order valence-corrected chi connectivity index (χ3v) is 9.32. The van der Waals surface area contributed by atoms with Crippen LogP contribution in [0.3, 0.4) is 0 Å². The lowest BCUT2D eigenvalue weighted by Gasteiger charge is -2.34. The summed E-state index contributed by atoms with van der Waals surface area (Å²) in [6.07, 6.45) is -3.18. The number of nitrogens with one attached hydrogen (secondary N) is 1. The Labute approximate surface area is 229 Å². The number of sulfone groups is 1. The number of fused-ring (bicyclic) bond motifs is 1. The van der Waals surface area contributed by atoms with Gasteiger partial charge in [-0.3, -0.25) is 14.9 Å². The summed E-state index contributed by atoms with van der Waals surface area (Å²) in [7, 11) is -4.03. The third-order valence-electron chi connectivity index (χ3n) is 6.80. The van der Waals surface area contributed by atoms with Gasteiger partial charge in [-0.25, -0.2) is 18.7 Å². The Bertz CT molecular complexity index is 1260. The van der Waals surface area contributed by atoms with Gasteiger partial charge in [-0.05, 0) is 61.1 Å². The molecular formula is C26H31F3N2O8S. The molecule has 0 unspecified atom stereocenters. The van der Waals surface area contributed by atoms with Crippen LogP contribution in [0.15, 0.2) is 53.4 Å². The summed E-state index contributed by atoms with van der Waals surface area (Å²) in [6, 6.07) is 14.7. The average molecular weight is 589 g/mol. The third kappa shape index (κ3) is 7.50. The van der Waals surface area contributed by atoms with E-state index in [9.17, 15) is 26.4 Å². The monoisotopic (exact) mass is 588 g/mol. The van der Waals surface area contributed by atoms with E-state index in [-0.39, 0.29) is 31.0 Å². The highest BCUT2D eigenvalue weighted by molar-refractivity contribution is 7.93. The van der Waals surface area contributed by atoms with Gasteiger partial charge in [0, 0.05) is 32.8 Å². The highest BCUT2D eigenvalue weighted by atomic mass is 32.2. The van der Waals surface area contributed by atoms with Crippen molar-refractivity contribution in [2.24, 2.45) is 0 Å². The lowest BCUT2D eigenvalue weighted by atomic mass is 9.98. The molecule has 4 rings (SSSR count). The van der Waals surface area contributed by atoms with E-state index in [0.717, 1.165) is 32.5 Å². The number of hydrogen-bond acceptors (Lipinski definition) is 8. The number of alkyl halides is 3. The molecule has 2 aliphatic heterocycles. The van der Waals surface area contributed by atoms with Crippen molar-refractivity contribution in [3.8, 4) is 5.75 Å². The van der Waals surface area contributed by atoms with Crippen LogP contribution >= 0.6 is 0 Å². The molecule has 2 aromatic rings. The smallest absolute Gasteiger partial charge is 0.490 e. The first-order valence-electron chi connectivity index (χ1n) is 12.5. The van der Waals surface area contributed by atoms with E-state index in [4.69, 9.17) is 24.6 Å². The highest BCUT2D eigenvalue weighted by Gasteiger charge is 2.52. The van der Waals surface area contributed by atoms with E-state index >= 15 is 0 Å². The molecule has 0 atom stereocenters. The van der Waals surface area contributed by atoms with Crippen molar-refractivity contribution in [3.63, 3.8) is 0 Å². The summed E-state index contributed by atoms with van der Waals surface area (Å²) in [6.45, 7) is 3.72. The quantitative estimate of drug-likeness (QED) is 0.241. The second-order valence-corrected chi connectivity index (χ2v) is 11.6. The number of nitrogens with zero attached hydrogens (tertiary/aromatic N) is 1. The Morgan fingerprint density at radius 2 is 1.65 bits per heavy atom. The maximum atomic E-state index is 13.3. The SMILES string of the molecule is O=C(NO)C1(S(=O)(=O)c2ccc(OCCCN3CCc4ccccc4C3)cc2)CCOCC1.O=C(O)C(F)(F)F. The van der Waals surface area contributed by atoms with Crippen LogP contribution in [0.1, 0.15) is 30.4 Å². The van der Waals surface area contributed by atoms with Crippen molar-refractivity contribution in [2.75, 3.05) is 32.9 Å². The van der Waals surface area contributed by atoms with Crippen LogP contribution in [0.25, 0.3) is 0 Å². The molecular weight excluding hydrogens is 557 g/mol. The summed E-state index contributed by atoms with van der Waals surface area (Å²) in [4.78, 5) is 23.7. The van der Waals surface area contributed by atoms with Crippen LogP contribution in [0.4, 0.5) is 13.2 Å². The first-order valence-corrected chi connectivity index (χ1v) is 14.0. The standard InChI is InChI=1S/C24H30N2O6S.C2HF3O2/c27-23(25-28)24(11-16-31-17-12-24)33(29,30)22-8-6-21(7-9-22)32-15-3-13-26-14-10-19-4-1-2-5-20(19)18-26;3-2(4,5)1(6)7/h1-2,4-9,28H,3,10-18H2,(H,25,27);(H,6,7). The van der Waals surface area contributed by atoms with Crippen molar-refractivity contribution < 1.29 is 51.0 Å². The van der Waals surface area contributed by atoms with Crippen molar-refractivity contribution in [2.45, 2.75) is 48.0 Å². The van der Waals surface area contributed by atoms with Crippen LogP contribution in [0.2, 0.25) is 0 Å². The van der Waals surface area contributed by atoms with Gasteiger partial charge in [0.2, 0.25) is 0 Å². The fourth-order valence-corrected chi connectivity index (χ4v) is 6.52. The van der Waals surface area contributed by atoms with Crippen molar-refractivity contribution in [3.05, 3.63) is 59.7 Å². The normalized spacial score (nSPS) is 17.1. The number of carbonyl (C=O) groups is 2. The van der Waals surface area contributed by atoms with Gasteiger partial charge in [-0.1, -0.05) is 24.3 Å².